The maximum absolute atomic E-state index is 11.9. The van der Waals surface area contributed by atoms with E-state index in [0.29, 0.717) is 24.7 Å². The summed E-state index contributed by atoms with van der Waals surface area (Å²) in [5.41, 5.74) is 1.35. The van der Waals surface area contributed by atoms with Crippen LogP contribution in [0.3, 0.4) is 0 Å². The maximum Gasteiger partial charge on any atom is 0.271 e. The highest BCUT2D eigenvalue weighted by molar-refractivity contribution is 5.92. The van der Waals surface area contributed by atoms with E-state index < -0.39 is 0 Å². The first-order valence-corrected chi connectivity index (χ1v) is 8.31. The topological polar surface area (TPSA) is 86.9 Å². The van der Waals surface area contributed by atoms with E-state index in [1.807, 2.05) is 0 Å². The molecule has 6 heteroatoms. The fraction of sp³-hybridized carbons (Fsp3) is 0.688. The van der Waals surface area contributed by atoms with E-state index in [9.17, 15) is 9.59 Å². The summed E-state index contributed by atoms with van der Waals surface area (Å²) in [6, 6.07) is 2.08. The predicted molar refractivity (Wildman–Crippen MR) is 84.5 cm³/mol. The first-order chi connectivity index (χ1) is 10.7. The van der Waals surface area contributed by atoms with Crippen LogP contribution < -0.4 is 10.6 Å². The molecule has 1 fully saturated rings. The van der Waals surface area contributed by atoms with Gasteiger partial charge in [0, 0.05) is 24.7 Å². The third-order valence-corrected chi connectivity index (χ3v) is 3.99. The van der Waals surface area contributed by atoms with Crippen molar-refractivity contribution in [3.63, 3.8) is 0 Å². The van der Waals surface area contributed by atoms with Gasteiger partial charge in [-0.1, -0.05) is 32.6 Å². The number of amides is 2. The fourth-order valence-corrected chi connectivity index (χ4v) is 2.80. The van der Waals surface area contributed by atoms with Gasteiger partial charge in [0.25, 0.3) is 5.91 Å². The summed E-state index contributed by atoms with van der Waals surface area (Å²) in [7, 11) is 0. The zero-order chi connectivity index (χ0) is 15.8. The van der Waals surface area contributed by atoms with Crippen molar-refractivity contribution < 1.29 is 9.59 Å². The van der Waals surface area contributed by atoms with Gasteiger partial charge in [0.2, 0.25) is 5.91 Å². The number of hydrogen-bond acceptors (Lipinski definition) is 3. The van der Waals surface area contributed by atoms with Gasteiger partial charge in [0.1, 0.15) is 5.69 Å². The lowest BCUT2D eigenvalue weighted by atomic mass is 9.95. The number of carbonyl (C=O) groups excluding carboxylic acids is 2. The molecule has 1 aromatic heterocycles. The van der Waals surface area contributed by atoms with E-state index in [1.54, 1.807) is 6.07 Å². The van der Waals surface area contributed by atoms with Crippen molar-refractivity contribution in [2.45, 2.75) is 64.3 Å². The molecule has 1 aliphatic carbocycles. The third kappa shape index (κ3) is 5.16. The number of carbonyl (C=O) groups is 2. The van der Waals surface area contributed by atoms with E-state index in [1.165, 1.54) is 19.3 Å². The fourth-order valence-electron chi connectivity index (χ4n) is 2.80. The number of H-pyrrole nitrogens is 1. The molecule has 0 atom stereocenters. The molecule has 0 saturated heterocycles. The highest BCUT2D eigenvalue weighted by Crippen LogP contribution is 2.17. The van der Waals surface area contributed by atoms with Gasteiger partial charge in [-0.05, 0) is 25.3 Å². The lowest BCUT2D eigenvalue weighted by Gasteiger charge is -2.22. The Labute approximate surface area is 131 Å². The Morgan fingerprint density at radius 3 is 2.82 bits per heavy atom. The van der Waals surface area contributed by atoms with Crippen molar-refractivity contribution in [1.29, 1.82) is 0 Å². The second kappa shape index (κ2) is 8.56. The second-order valence-electron chi connectivity index (χ2n) is 5.94. The van der Waals surface area contributed by atoms with Crippen molar-refractivity contribution >= 4 is 11.8 Å². The molecular weight excluding hydrogens is 280 g/mol. The lowest BCUT2D eigenvalue weighted by molar-refractivity contribution is -0.121. The van der Waals surface area contributed by atoms with Gasteiger partial charge in [-0.25, -0.2) is 0 Å². The van der Waals surface area contributed by atoms with E-state index in [2.05, 4.69) is 27.8 Å². The van der Waals surface area contributed by atoms with Crippen molar-refractivity contribution in [3.05, 3.63) is 17.5 Å². The Hall–Kier alpha value is -1.85. The minimum absolute atomic E-state index is 0.0147. The highest BCUT2D eigenvalue weighted by atomic mass is 16.2. The SMILES string of the molecule is CCCc1cc(C(=O)NCCC(=O)NC2CCCCC2)n[nH]1. The van der Waals surface area contributed by atoms with E-state index in [-0.39, 0.29) is 11.8 Å². The first kappa shape index (κ1) is 16.5. The number of nitrogens with zero attached hydrogens (tertiary/aromatic N) is 1. The average molecular weight is 306 g/mol. The van der Waals surface area contributed by atoms with Gasteiger partial charge in [-0.2, -0.15) is 5.10 Å². The van der Waals surface area contributed by atoms with Crippen LogP contribution in [0.5, 0.6) is 0 Å². The smallest absolute Gasteiger partial charge is 0.271 e. The van der Waals surface area contributed by atoms with Gasteiger partial charge in [-0.15, -0.1) is 0 Å². The van der Waals surface area contributed by atoms with Crippen molar-refractivity contribution in [2.24, 2.45) is 0 Å². The Kier molecular flexibility index (Phi) is 6.43. The molecule has 2 rings (SSSR count). The number of hydrogen-bond donors (Lipinski definition) is 3. The number of aromatic amines is 1. The summed E-state index contributed by atoms with van der Waals surface area (Å²) in [5.74, 6) is -0.218. The second-order valence-corrected chi connectivity index (χ2v) is 5.94. The molecule has 0 radical (unpaired) electrons. The largest absolute Gasteiger partial charge is 0.353 e. The van der Waals surface area contributed by atoms with Crippen LogP contribution in [0.4, 0.5) is 0 Å². The van der Waals surface area contributed by atoms with Crippen LogP contribution in [0.25, 0.3) is 0 Å². The lowest BCUT2D eigenvalue weighted by Crippen LogP contribution is -2.38. The number of aromatic nitrogens is 2. The maximum atomic E-state index is 11.9. The van der Waals surface area contributed by atoms with Gasteiger partial charge in [0.05, 0.1) is 0 Å². The van der Waals surface area contributed by atoms with E-state index in [0.717, 1.165) is 31.4 Å². The molecule has 122 valence electrons. The van der Waals surface area contributed by atoms with Crippen LogP contribution in [0, 0.1) is 0 Å². The Morgan fingerprint density at radius 2 is 2.09 bits per heavy atom. The average Bonchev–Trinajstić information content (AvgIpc) is 2.97. The predicted octanol–water partition coefficient (Wildman–Crippen LogP) is 1.93. The molecule has 6 nitrogen and oxygen atoms in total. The molecule has 1 aromatic rings. The molecule has 2 amide bonds. The molecule has 22 heavy (non-hydrogen) atoms. The molecule has 1 aliphatic rings. The van der Waals surface area contributed by atoms with Crippen molar-refractivity contribution in [3.8, 4) is 0 Å². The van der Waals surface area contributed by atoms with Gasteiger partial charge < -0.3 is 10.6 Å². The van der Waals surface area contributed by atoms with Crippen LogP contribution in [0.2, 0.25) is 0 Å². The molecule has 0 spiro atoms. The quantitative estimate of drug-likeness (QED) is 0.719. The van der Waals surface area contributed by atoms with Crippen molar-refractivity contribution in [1.82, 2.24) is 20.8 Å². The summed E-state index contributed by atoms with van der Waals surface area (Å²) in [4.78, 5) is 23.7. The molecule has 1 saturated carbocycles. The molecule has 0 aromatic carbocycles. The van der Waals surface area contributed by atoms with Crippen molar-refractivity contribution in [2.75, 3.05) is 6.54 Å². The van der Waals surface area contributed by atoms with Gasteiger partial charge in [0.15, 0.2) is 0 Å². The third-order valence-electron chi connectivity index (χ3n) is 3.99. The van der Waals surface area contributed by atoms with Crippen LogP contribution >= 0.6 is 0 Å². The normalized spacial score (nSPS) is 15.5. The highest BCUT2D eigenvalue weighted by Gasteiger charge is 2.16. The minimum Gasteiger partial charge on any atom is -0.353 e. The minimum atomic E-state index is -0.232. The Bertz CT molecular complexity index is 492. The van der Waals surface area contributed by atoms with Gasteiger partial charge >= 0.3 is 0 Å². The first-order valence-electron chi connectivity index (χ1n) is 8.31. The summed E-state index contributed by atoms with van der Waals surface area (Å²) < 4.78 is 0. The number of nitrogens with one attached hydrogen (secondary N) is 3. The zero-order valence-corrected chi connectivity index (χ0v) is 13.3. The summed E-state index contributed by atoms with van der Waals surface area (Å²) in [5, 5.41) is 12.6. The Balaban J connectivity index is 1.66. The van der Waals surface area contributed by atoms with E-state index >= 15 is 0 Å². The summed E-state index contributed by atoms with van der Waals surface area (Å²) in [6.07, 6.45) is 8.01. The zero-order valence-electron chi connectivity index (χ0n) is 13.3. The standard InChI is InChI=1S/C16H26N4O2/c1-2-6-13-11-14(20-19-13)16(22)17-10-9-15(21)18-12-7-4-3-5-8-12/h11-12H,2-10H2,1H3,(H,17,22)(H,18,21)(H,19,20). The molecule has 0 aliphatic heterocycles. The van der Waals surface area contributed by atoms with Crippen LogP contribution in [-0.2, 0) is 11.2 Å². The van der Waals surface area contributed by atoms with Crippen LogP contribution in [0.1, 0.15) is 68.1 Å². The number of aryl methyl sites for hydroxylation is 1. The molecule has 3 N–H and O–H groups in total. The Morgan fingerprint density at radius 1 is 1.32 bits per heavy atom. The van der Waals surface area contributed by atoms with Gasteiger partial charge in [-0.3, -0.25) is 14.7 Å². The summed E-state index contributed by atoms with van der Waals surface area (Å²) >= 11 is 0. The monoisotopic (exact) mass is 306 g/mol. The van der Waals surface area contributed by atoms with E-state index in [4.69, 9.17) is 0 Å². The summed E-state index contributed by atoms with van der Waals surface area (Å²) in [6.45, 7) is 2.42. The van der Waals surface area contributed by atoms with Crippen LogP contribution in [-0.4, -0.2) is 34.6 Å². The van der Waals surface area contributed by atoms with Crippen LogP contribution in [0.15, 0.2) is 6.07 Å². The molecule has 0 bridgehead atoms. The molecular formula is C16H26N4O2. The molecule has 0 unspecified atom stereocenters. The number of rotatable bonds is 7. The molecule has 1 heterocycles.